The lowest BCUT2D eigenvalue weighted by Gasteiger charge is -2.08. The monoisotopic (exact) mass is 308 g/mol. The SMILES string of the molecule is NCc1cccc(CS(=O)(=O)NCc2cccc(F)c2)c1. The van der Waals surface area contributed by atoms with Gasteiger partial charge in [-0.2, -0.15) is 0 Å². The van der Waals surface area contributed by atoms with E-state index in [2.05, 4.69) is 4.72 Å². The molecule has 0 bridgehead atoms. The Kier molecular flexibility index (Phi) is 5.06. The van der Waals surface area contributed by atoms with Crippen LogP contribution in [-0.4, -0.2) is 8.42 Å². The predicted octanol–water partition coefficient (Wildman–Crippen LogP) is 1.90. The molecule has 0 saturated heterocycles. The molecule has 0 aliphatic heterocycles. The van der Waals surface area contributed by atoms with Crippen molar-refractivity contribution in [2.45, 2.75) is 18.8 Å². The summed E-state index contributed by atoms with van der Waals surface area (Å²) in [6, 6.07) is 13.0. The number of sulfonamides is 1. The maximum Gasteiger partial charge on any atom is 0.216 e. The zero-order chi connectivity index (χ0) is 15.3. The van der Waals surface area contributed by atoms with Crippen LogP contribution in [0.5, 0.6) is 0 Å². The first-order chi connectivity index (χ1) is 9.98. The molecule has 2 aromatic carbocycles. The summed E-state index contributed by atoms with van der Waals surface area (Å²) < 4.78 is 39.5. The molecule has 0 aliphatic rings. The topological polar surface area (TPSA) is 72.2 Å². The molecule has 2 aromatic rings. The van der Waals surface area contributed by atoms with E-state index in [-0.39, 0.29) is 18.1 Å². The van der Waals surface area contributed by atoms with E-state index in [1.165, 1.54) is 12.1 Å². The van der Waals surface area contributed by atoms with Gasteiger partial charge >= 0.3 is 0 Å². The van der Waals surface area contributed by atoms with Crippen LogP contribution in [-0.2, 0) is 28.9 Å². The lowest BCUT2D eigenvalue weighted by atomic mass is 10.1. The van der Waals surface area contributed by atoms with Gasteiger partial charge in [-0.1, -0.05) is 36.4 Å². The normalized spacial score (nSPS) is 11.5. The van der Waals surface area contributed by atoms with Crippen LogP contribution in [0.4, 0.5) is 4.39 Å². The highest BCUT2D eigenvalue weighted by molar-refractivity contribution is 7.88. The van der Waals surface area contributed by atoms with Gasteiger partial charge in [-0.25, -0.2) is 17.5 Å². The zero-order valence-electron chi connectivity index (χ0n) is 11.4. The highest BCUT2D eigenvalue weighted by Gasteiger charge is 2.11. The van der Waals surface area contributed by atoms with Crippen molar-refractivity contribution < 1.29 is 12.8 Å². The molecule has 3 N–H and O–H groups in total. The summed E-state index contributed by atoms with van der Waals surface area (Å²) in [4.78, 5) is 0. The van der Waals surface area contributed by atoms with Crippen molar-refractivity contribution >= 4 is 10.0 Å². The van der Waals surface area contributed by atoms with Crippen molar-refractivity contribution in [3.63, 3.8) is 0 Å². The Labute approximate surface area is 123 Å². The molecular formula is C15H17FN2O2S. The van der Waals surface area contributed by atoms with Crippen LogP contribution in [0.2, 0.25) is 0 Å². The first-order valence-electron chi connectivity index (χ1n) is 6.48. The Bertz CT molecular complexity index is 717. The van der Waals surface area contributed by atoms with E-state index in [1.807, 2.05) is 6.07 Å². The summed E-state index contributed by atoms with van der Waals surface area (Å²) in [5.41, 5.74) is 7.66. The highest BCUT2D eigenvalue weighted by atomic mass is 32.2. The second-order valence-electron chi connectivity index (χ2n) is 4.73. The second kappa shape index (κ2) is 6.80. The van der Waals surface area contributed by atoms with Crippen LogP contribution in [0.15, 0.2) is 48.5 Å². The lowest BCUT2D eigenvalue weighted by molar-refractivity contribution is 0.579. The molecule has 21 heavy (non-hydrogen) atoms. The summed E-state index contributed by atoms with van der Waals surface area (Å²) in [6.07, 6.45) is 0. The Morgan fingerprint density at radius 2 is 1.67 bits per heavy atom. The third-order valence-corrected chi connectivity index (χ3v) is 4.27. The average Bonchev–Trinajstić information content (AvgIpc) is 2.45. The van der Waals surface area contributed by atoms with Gasteiger partial charge in [-0.3, -0.25) is 0 Å². The lowest BCUT2D eigenvalue weighted by Crippen LogP contribution is -2.24. The van der Waals surface area contributed by atoms with E-state index >= 15 is 0 Å². The minimum Gasteiger partial charge on any atom is -0.326 e. The van der Waals surface area contributed by atoms with Gasteiger partial charge < -0.3 is 5.73 Å². The van der Waals surface area contributed by atoms with Crippen LogP contribution in [0.25, 0.3) is 0 Å². The predicted molar refractivity (Wildman–Crippen MR) is 80.2 cm³/mol. The van der Waals surface area contributed by atoms with Gasteiger partial charge in [0.2, 0.25) is 10.0 Å². The number of hydrogen-bond donors (Lipinski definition) is 2. The molecule has 0 aromatic heterocycles. The smallest absolute Gasteiger partial charge is 0.216 e. The van der Waals surface area contributed by atoms with Gasteiger partial charge in [0.25, 0.3) is 0 Å². The molecule has 0 unspecified atom stereocenters. The van der Waals surface area contributed by atoms with Crippen molar-refractivity contribution in [2.24, 2.45) is 5.73 Å². The molecule has 112 valence electrons. The largest absolute Gasteiger partial charge is 0.326 e. The third kappa shape index (κ3) is 4.93. The van der Waals surface area contributed by atoms with E-state index in [9.17, 15) is 12.8 Å². The van der Waals surface area contributed by atoms with Crippen molar-refractivity contribution in [1.29, 1.82) is 0 Å². The van der Waals surface area contributed by atoms with Crippen molar-refractivity contribution in [1.82, 2.24) is 4.72 Å². The van der Waals surface area contributed by atoms with Crippen molar-refractivity contribution in [3.8, 4) is 0 Å². The number of rotatable bonds is 6. The van der Waals surface area contributed by atoms with Gasteiger partial charge in [-0.15, -0.1) is 0 Å². The van der Waals surface area contributed by atoms with Crippen LogP contribution >= 0.6 is 0 Å². The Morgan fingerprint density at radius 3 is 2.38 bits per heavy atom. The maximum atomic E-state index is 13.0. The number of nitrogens with one attached hydrogen (secondary N) is 1. The molecule has 0 atom stereocenters. The summed E-state index contributed by atoms with van der Waals surface area (Å²) in [5.74, 6) is -0.516. The Hall–Kier alpha value is -1.76. The Balaban J connectivity index is 2.01. The van der Waals surface area contributed by atoms with E-state index in [0.29, 0.717) is 17.7 Å². The van der Waals surface area contributed by atoms with Gasteiger partial charge in [0, 0.05) is 13.1 Å². The maximum absolute atomic E-state index is 13.0. The summed E-state index contributed by atoms with van der Waals surface area (Å²) in [6.45, 7) is 0.432. The minimum atomic E-state index is -3.48. The zero-order valence-corrected chi connectivity index (χ0v) is 12.2. The number of benzene rings is 2. The molecule has 0 amide bonds. The fourth-order valence-corrected chi connectivity index (χ4v) is 3.06. The molecule has 4 nitrogen and oxygen atoms in total. The molecule has 0 saturated carbocycles. The molecular weight excluding hydrogens is 291 g/mol. The molecule has 0 aliphatic carbocycles. The van der Waals surface area contributed by atoms with Crippen molar-refractivity contribution in [3.05, 3.63) is 71.0 Å². The third-order valence-electron chi connectivity index (χ3n) is 2.97. The van der Waals surface area contributed by atoms with E-state index in [1.54, 1.807) is 30.3 Å². The van der Waals surface area contributed by atoms with Gasteiger partial charge in [0.15, 0.2) is 0 Å². The van der Waals surface area contributed by atoms with Crippen LogP contribution < -0.4 is 10.5 Å². The average molecular weight is 308 g/mol. The number of nitrogens with two attached hydrogens (primary N) is 1. The first-order valence-corrected chi connectivity index (χ1v) is 8.13. The van der Waals surface area contributed by atoms with E-state index in [4.69, 9.17) is 5.73 Å². The summed E-state index contributed by atoms with van der Waals surface area (Å²) >= 11 is 0. The molecule has 0 spiro atoms. The molecule has 0 heterocycles. The minimum absolute atomic E-state index is 0.0661. The van der Waals surface area contributed by atoms with Crippen LogP contribution in [0.1, 0.15) is 16.7 Å². The summed E-state index contributed by atoms with van der Waals surface area (Å²) in [5, 5.41) is 0. The quantitative estimate of drug-likeness (QED) is 0.856. The van der Waals surface area contributed by atoms with Crippen LogP contribution in [0, 0.1) is 5.82 Å². The van der Waals surface area contributed by atoms with E-state index < -0.39 is 10.0 Å². The fourth-order valence-electron chi connectivity index (χ4n) is 1.96. The molecule has 0 fully saturated rings. The van der Waals surface area contributed by atoms with Gasteiger partial charge in [0.1, 0.15) is 5.82 Å². The molecule has 2 rings (SSSR count). The Morgan fingerprint density at radius 1 is 1.00 bits per heavy atom. The van der Waals surface area contributed by atoms with Gasteiger partial charge in [0.05, 0.1) is 5.75 Å². The van der Waals surface area contributed by atoms with Crippen molar-refractivity contribution in [2.75, 3.05) is 0 Å². The van der Waals surface area contributed by atoms with Crippen LogP contribution in [0.3, 0.4) is 0 Å². The number of hydrogen-bond acceptors (Lipinski definition) is 3. The fraction of sp³-hybridized carbons (Fsp3) is 0.200. The highest BCUT2D eigenvalue weighted by Crippen LogP contribution is 2.09. The number of halogens is 1. The van der Waals surface area contributed by atoms with Gasteiger partial charge in [-0.05, 0) is 28.8 Å². The second-order valence-corrected chi connectivity index (χ2v) is 6.54. The summed E-state index contributed by atoms with van der Waals surface area (Å²) in [7, 11) is -3.48. The molecule has 0 radical (unpaired) electrons. The first kappa shape index (κ1) is 15.6. The standard InChI is InChI=1S/C15H17FN2O2S/c16-15-6-2-4-13(8-15)10-18-21(19,20)11-14-5-1-3-12(7-14)9-17/h1-8,18H,9-11,17H2. The van der Waals surface area contributed by atoms with E-state index in [0.717, 1.165) is 5.56 Å². The molecule has 6 heteroatoms.